The Labute approximate surface area is 229 Å². The number of hydrogen-bond acceptors (Lipinski definition) is 6. The summed E-state index contributed by atoms with van der Waals surface area (Å²) in [5, 5.41) is 5.62. The van der Waals surface area contributed by atoms with E-state index in [9.17, 15) is 9.59 Å². The molecule has 1 saturated heterocycles. The van der Waals surface area contributed by atoms with E-state index < -0.39 is 11.8 Å². The van der Waals surface area contributed by atoms with Gasteiger partial charge in [-0.25, -0.2) is 9.97 Å². The number of piperazine rings is 1. The summed E-state index contributed by atoms with van der Waals surface area (Å²) < 4.78 is 0. The third-order valence-electron chi connectivity index (χ3n) is 7.24. The number of nitrogens with one attached hydrogen (secondary N) is 4. The maximum absolute atomic E-state index is 13.1. The minimum absolute atomic E-state index is 0.0145. The summed E-state index contributed by atoms with van der Waals surface area (Å²) in [4.78, 5) is 45.5. The second-order valence-electron chi connectivity index (χ2n) is 10.2. The summed E-state index contributed by atoms with van der Waals surface area (Å²) >= 11 is 0. The summed E-state index contributed by atoms with van der Waals surface area (Å²) in [5.74, 6) is -0.657. The van der Waals surface area contributed by atoms with Gasteiger partial charge in [0.2, 0.25) is 5.95 Å². The average Bonchev–Trinajstić information content (AvgIpc) is 3.58. The number of benzene rings is 2. The van der Waals surface area contributed by atoms with Gasteiger partial charge in [-0.05, 0) is 49.7 Å². The molecule has 1 aliphatic rings. The van der Waals surface area contributed by atoms with Crippen molar-refractivity contribution in [2.45, 2.75) is 33.1 Å². The lowest BCUT2D eigenvalue weighted by Gasteiger charge is -2.36. The quantitative estimate of drug-likeness (QED) is 0.197. The highest BCUT2D eigenvalue weighted by molar-refractivity contribution is 6.32. The van der Waals surface area contributed by atoms with Crippen molar-refractivity contribution in [2.75, 3.05) is 48.3 Å². The standard InChI is InChI=1S/C28H35BN8O2/c1-3-4-5-10-36-11-13-37(14-12-36)20-8-9-21-23(16-20)34-28(33-21)35-27(39)25-24(30-17-31-25)26(38)32-22-15-19(29)7-6-18(22)2/h6-9,15-17H,3-5,10-14,29H2,1-2H3,(H,30,31)(H,32,38)(H2,33,34,35,39). The lowest BCUT2D eigenvalue weighted by molar-refractivity contribution is 0.0985. The second kappa shape index (κ2) is 11.7. The van der Waals surface area contributed by atoms with Crippen LogP contribution in [-0.4, -0.2) is 77.2 Å². The van der Waals surface area contributed by atoms with Gasteiger partial charge >= 0.3 is 0 Å². The minimum Gasteiger partial charge on any atom is -0.369 e. The molecule has 0 spiro atoms. The van der Waals surface area contributed by atoms with Gasteiger partial charge in [0.15, 0.2) is 5.69 Å². The highest BCUT2D eigenvalue weighted by Crippen LogP contribution is 2.24. The van der Waals surface area contributed by atoms with Crippen molar-refractivity contribution in [3.63, 3.8) is 0 Å². The van der Waals surface area contributed by atoms with Crippen LogP contribution in [0.1, 0.15) is 52.7 Å². The lowest BCUT2D eigenvalue weighted by atomic mass is 9.94. The Balaban J connectivity index is 1.23. The number of fused-ring (bicyclic) bond motifs is 1. The van der Waals surface area contributed by atoms with E-state index in [1.807, 2.05) is 45.1 Å². The SMILES string of the molecule is Bc1ccc(C)c(NC(=O)c2nc[nH]c2C(=O)Nc2nc3cc(N4CCN(CCCCC)CC4)ccc3[nH]2)c1. The highest BCUT2D eigenvalue weighted by atomic mass is 16.2. The van der Waals surface area contributed by atoms with Crippen molar-refractivity contribution in [3.8, 4) is 0 Å². The van der Waals surface area contributed by atoms with Crippen molar-refractivity contribution < 1.29 is 9.59 Å². The summed E-state index contributed by atoms with van der Waals surface area (Å²) in [6.45, 7) is 9.42. The first-order chi connectivity index (χ1) is 18.9. The zero-order valence-corrected chi connectivity index (χ0v) is 22.8. The van der Waals surface area contributed by atoms with Gasteiger partial charge in [0.05, 0.1) is 17.4 Å². The Morgan fingerprint density at radius 1 is 1.03 bits per heavy atom. The van der Waals surface area contributed by atoms with Crippen molar-refractivity contribution in [1.29, 1.82) is 0 Å². The van der Waals surface area contributed by atoms with E-state index in [0.29, 0.717) is 11.6 Å². The number of carbonyl (C=O) groups excluding carboxylic acids is 2. The monoisotopic (exact) mass is 526 g/mol. The Morgan fingerprint density at radius 3 is 2.64 bits per heavy atom. The molecule has 0 radical (unpaired) electrons. The number of unbranched alkanes of at least 4 members (excludes halogenated alkanes) is 2. The molecule has 0 aliphatic carbocycles. The Kier molecular flexibility index (Phi) is 7.97. The van der Waals surface area contributed by atoms with Crippen molar-refractivity contribution in [2.24, 2.45) is 0 Å². The number of nitrogens with zero attached hydrogens (tertiary/aromatic N) is 4. The predicted molar refractivity (Wildman–Crippen MR) is 158 cm³/mol. The van der Waals surface area contributed by atoms with Crippen LogP contribution in [0.15, 0.2) is 42.7 Å². The third kappa shape index (κ3) is 6.14. The Hall–Kier alpha value is -4.12. The molecule has 4 N–H and O–H groups in total. The number of aryl methyl sites for hydroxylation is 1. The van der Waals surface area contributed by atoms with Gasteiger partial charge in [0, 0.05) is 37.6 Å². The fraction of sp³-hybridized carbons (Fsp3) is 0.357. The van der Waals surface area contributed by atoms with E-state index in [4.69, 9.17) is 0 Å². The number of rotatable bonds is 9. The molecule has 1 fully saturated rings. The molecule has 2 aromatic heterocycles. The molecule has 10 nitrogen and oxygen atoms in total. The normalized spacial score (nSPS) is 14.1. The van der Waals surface area contributed by atoms with Crippen LogP contribution in [0.5, 0.6) is 0 Å². The molecular formula is C28H35BN8O2. The van der Waals surface area contributed by atoms with Crippen LogP contribution in [-0.2, 0) is 0 Å². The van der Waals surface area contributed by atoms with Crippen LogP contribution in [0.2, 0.25) is 0 Å². The number of H-pyrrole nitrogens is 2. The first kappa shape index (κ1) is 26.5. The molecule has 2 amide bonds. The van der Waals surface area contributed by atoms with E-state index in [-0.39, 0.29) is 11.4 Å². The van der Waals surface area contributed by atoms with E-state index in [1.54, 1.807) is 0 Å². The van der Waals surface area contributed by atoms with Crippen molar-refractivity contribution in [1.82, 2.24) is 24.8 Å². The maximum Gasteiger partial charge on any atom is 0.276 e. The molecule has 2 aromatic carbocycles. The Morgan fingerprint density at radius 2 is 1.85 bits per heavy atom. The number of hydrogen-bond donors (Lipinski definition) is 4. The van der Waals surface area contributed by atoms with E-state index >= 15 is 0 Å². The number of aromatic amines is 2. The highest BCUT2D eigenvalue weighted by Gasteiger charge is 2.22. The van der Waals surface area contributed by atoms with Crippen molar-refractivity contribution in [3.05, 3.63) is 59.7 Å². The number of aromatic nitrogens is 4. The van der Waals surface area contributed by atoms with Crippen LogP contribution in [0.3, 0.4) is 0 Å². The molecule has 0 unspecified atom stereocenters. The topological polar surface area (TPSA) is 122 Å². The van der Waals surface area contributed by atoms with Gasteiger partial charge in [0.1, 0.15) is 13.5 Å². The van der Waals surface area contributed by atoms with Gasteiger partial charge in [-0.2, -0.15) is 0 Å². The fourth-order valence-corrected chi connectivity index (χ4v) is 4.93. The second-order valence-corrected chi connectivity index (χ2v) is 10.2. The van der Waals surface area contributed by atoms with Crippen LogP contribution in [0.4, 0.5) is 17.3 Å². The third-order valence-corrected chi connectivity index (χ3v) is 7.24. The van der Waals surface area contributed by atoms with Crippen LogP contribution < -0.4 is 21.0 Å². The summed E-state index contributed by atoms with van der Waals surface area (Å²) in [7, 11) is 1.95. The maximum atomic E-state index is 13.1. The average molecular weight is 526 g/mol. The van der Waals surface area contributed by atoms with Gasteiger partial charge in [-0.1, -0.05) is 37.4 Å². The lowest BCUT2D eigenvalue weighted by Crippen LogP contribution is -2.46. The summed E-state index contributed by atoms with van der Waals surface area (Å²) in [6, 6.07) is 11.9. The molecule has 0 saturated carbocycles. The molecule has 39 heavy (non-hydrogen) atoms. The van der Waals surface area contributed by atoms with Crippen molar-refractivity contribution >= 4 is 53.5 Å². The molecule has 0 atom stereocenters. The van der Waals surface area contributed by atoms with Crippen LogP contribution >= 0.6 is 0 Å². The molecular weight excluding hydrogens is 491 g/mol. The van der Waals surface area contributed by atoms with Crippen LogP contribution in [0.25, 0.3) is 11.0 Å². The van der Waals surface area contributed by atoms with Gasteiger partial charge < -0.3 is 20.2 Å². The number of imidazole rings is 2. The number of carbonyl (C=O) groups is 2. The first-order valence-corrected chi connectivity index (χ1v) is 13.6. The minimum atomic E-state index is -0.503. The Bertz CT molecular complexity index is 1470. The summed E-state index contributed by atoms with van der Waals surface area (Å²) in [6.07, 6.45) is 5.14. The first-order valence-electron chi connectivity index (χ1n) is 13.6. The van der Waals surface area contributed by atoms with E-state index in [1.165, 1.54) is 32.1 Å². The zero-order chi connectivity index (χ0) is 27.4. The zero-order valence-electron chi connectivity index (χ0n) is 22.8. The molecule has 1 aliphatic heterocycles. The fourth-order valence-electron chi connectivity index (χ4n) is 4.93. The molecule has 4 aromatic rings. The number of anilines is 3. The molecule has 5 rings (SSSR count). The van der Waals surface area contributed by atoms with Gasteiger partial charge in [0.25, 0.3) is 11.8 Å². The van der Waals surface area contributed by atoms with Gasteiger partial charge in [-0.3, -0.25) is 19.8 Å². The van der Waals surface area contributed by atoms with E-state index in [0.717, 1.165) is 53.9 Å². The van der Waals surface area contributed by atoms with Crippen LogP contribution in [0, 0.1) is 6.92 Å². The molecule has 11 heteroatoms. The molecule has 3 heterocycles. The molecule has 0 bridgehead atoms. The number of amides is 2. The van der Waals surface area contributed by atoms with E-state index in [2.05, 4.69) is 53.4 Å². The van der Waals surface area contributed by atoms with Gasteiger partial charge in [-0.15, -0.1) is 0 Å². The smallest absolute Gasteiger partial charge is 0.276 e. The summed E-state index contributed by atoms with van der Waals surface area (Å²) in [5.41, 5.74) is 5.42. The largest absolute Gasteiger partial charge is 0.369 e. The predicted octanol–water partition coefficient (Wildman–Crippen LogP) is 2.67. The molecule has 202 valence electrons.